The van der Waals surface area contributed by atoms with Crippen molar-refractivity contribution < 1.29 is 9.90 Å². The van der Waals surface area contributed by atoms with Gasteiger partial charge in [-0.1, -0.05) is 36.4 Å². The van der Waals surface area contributed by atoms with Crippen molar-refractivity contribution in [3.63, 3.8) is 0 Å². The van der Waals surface area contributed by atoms with Gasteiger partial charge in [-0.05, 0) is 36.3 Å². The maximum Gasteiger partial charge on any atom is 0.336 e. The van der Waals surface area contributed by atoms with Crippen molar-refractivity contribution in [3.8, 4) is 17.2 Å². The quantitative estimate of drug-likeness (QED) is 0.688. The summed E-state index contributed by atoms with van der Waals surface area (Å²) in [6.45, 7) is 1.83. The number of carboxylic acids is 1. The number of nitriles is 1. The third-order valence-electron chi connectivity index (χ3n) is 3.09. The minimum Gasteiger partial charge on any atom is -0.478 e. The van der Waals surface area contributed by atoms with Gasteiger partial charge in [-0.15, -0.1) is 0 Å². The molecule has 0 aliphatic heterocycles. The molecule has 4 nitrogen and oxygen atoms in total. The summed E-state index contributed by atoms with van der Waals surface area (Å²) >= 11 is 0. The molecule has 0 spiro atoms. The second-order valence-corrected chi connectivity index (χ2v) is 4.53. The van der Waals surface area contributed by atoms with Gasteiger partial charge in [-0.25, -0.2) is 9.78 Å². The summed E-state index contributed by atoms with van der Waals surface area (Å²) in [7, 11) is 0. The maximum absolute atomic E-state index is 11.3. The lowest BCUT2D eigenvalue weighted by Crippen LogP contribution is -1.99. The molecule has 0 aliphatic rings. The van der Waals surface area contributed by atoms with Crippen molar-refractivity contribution in [2.24, 2.45) is 0 Å². The van der Waals surface area contributed by atoms with Crippen LogP contribution in [0.1, 0.15) is 18.2 Å². The van der Waals surface area contributed by atoms with Gasteiger partial charge in [0, 0.05) is 11.8 Å². The number of allylic oxidation sites excluding steroid dienone is 3. The van der Waals surface area contributed by atoms with Crippen LogP contribution in [-0.2, 0) is 4.79 Å². The number of aromatic nitrogens is 1. The van der Waals surface area contributed by atoms with Crippen molar-refractivity contribution in [1.82, 2.24) is 4.98 Å². The predicted molar refractivity (Wildman–Crippen MR) is 84.8 cm³/mol. The van der Waals surface area contributed by atoms with Gasteiger partial charge in [0.1, 0.15) is 11.8 Å². The normalized spacial score (nSPS) is 11.4. The first-order valence-electron chi connectivity index (χ1n) is 6.69. The molecule has 0 atom stereocenters. The van der Waals surface area contributed by atoms with Crippen LogP contribution in [0.2, 0.25) is 0 Å². The fourth-order valence-corrected chi connectivity index (χ4v) is 1.96. The Bertz CT molecular complexity index is 764. The number of hydrogen-bond acceptors (Lipinski definition) is 3. The summed E-state index contributed by atoms with van der Waals surface area (Å²) in [5.41, 5.74) is 3.03. The van der Waals surface area contributed by atoms with Gasteiger partial charge < -0.3 is 5.11 Å². The second-order valence-electron chi connectivity index (χ2n) is 4.53. The van der Waals surface area contributed by atoms with Crippen LogP contribution >= 0.6 is 0 Å². The third-order valence-corrected chi connectivity index (χ3v) is 3.09. The van der Waals surface area contributed by atoms with Gasteiger partial charge in [-0.3, -0.25) is 0 Å². The number of carbonyl (C=O) groups is 1. The smallest absolute Gasteiger partial charge is 0.336 e. The molecule has 0 amide bonds. The van der Waals surface area contributed by atoms with Gasteiger partial charge in [-0.2, -0.15) is 5.26 Å². The third kappa shape index (κ3) is 3.47. The molecule has 0 unspecified atom stereocenters. The highest BCUT2D eigenvalue weighted by Gasteiger charge is 2.09. The molecular weight excluding hydrogens is 276 g/mol. The molecule has 22 heavy (non-hydrogen) atoms. The topological polar surface area (TPSA) is 74.0 Å². The first kappa shape index (κ1) is 15.2. The molecule has 0 saturated carbocycles. The first-order chi connectivity index (χ1) is 10.7. The molecule has 2 rings (SSSR count). The number of nitrogens with zero attached hydrogens (tertiary/aromatic N) is 2. The number of hydrogen-bond donors (Lipinski definition) is 1. The molecule has 4 heteroatoms. The van der Waals surface area contributed by atoms with E-state index in [9.17, 15) is 9.90 Å². The van der Waals surface area contributed by atoms with Gasteiger partial charge in [0.05, 0.1) is 5.57 Å². The standard InChI is InChI=1S/C18H14N2O2/c1-2-3-4-17(18(21)22)14-7-5-13(6-8-14)15-9-10-16(11-19)20-12-15/h2-10,12H,1H3,(H,21,22). The highest BCUT2D eigenvalue weighted by Crippen LogP contribution is 2.22. The van der Waals surface area contributed by atoms with Crippen LogP contribution in [0, 0.1) is 11.3 Å². The largest absolute Gasteiger partial charge is 0.478 e. The molecule has 0 saturated heterocycles. The minimum absolute atomic E-state index is 0.239. The van der Waals surface area contributed by atoms with Crippen LogP contribution in [0.25, 0.3) is 16.7 Å². The number of benzene rings is 1. The van der Waals surface area contributed by atoms with Gasteiger partial charge in [0.15, 0.2) is 0 Å². The minimum atomic E-state index is -0.967. The van der Waals surface area contributed by atoms with E-state index in [1.165, 1.54) is 0 Å². The van der Waals surface area contributed by atoms with Crippen molar-refractivity contribution in [3.05, 3.63) is 72.1 Å². The van der Waals surface area contributed by atoms with Crippen LogP contribution in [0.3, 0.4) is 0 Å². The van der Waals surface area contributed by atoms with Crippen LogP contribution in [0.15, 0.2) is 60.8 Å². The highest BCUT2D eigenvalue weighted by molar-refractivity contribution is 6.15. The molecular formula is C18H14N2O2. The fourth-order valence-electron chi connectivity index (χ4n) is 1.96. The van der Waals surface area contributed by atoms with Crippen molar-refractivity contribution >= 4 is 11.5 Å². The van der Waals surface area contributed by atoms with Crippen LogP contribution < -0.4 is 0 Å². The van der Waals surface area contributed by atoms with E-state index in [0.717, 1.165) is 11.1 Å². The van der Waals surface area contributed by atoms with Crippen LogP contribution in [-0.4, -0.2) is 16.1 Å². The van der Waals surface area contributed by atoms with E-state index < -0.39 is 5.97 Å². The zero-order valence-corrected chi connectivity index (χ0v) is 12.0. The summed E-state index contributed by atoms with van der Waals surface area (Å²) in [6, 6.07) is 12.6. The molecule has 0 aliphatic carbocycles. The average Bonchev–Trinajstić information content (AvgIpc) is 2.55. The zero-order chi connectivity index (χ0) is 15.9. The lowest BCUT2D eigenvalue weighted by atomic mass is 10.0. The molecule has 0 fully saturated rings. The van der Waals surface area contributed by atoms with Crippen LogP contribution in [0.5, 0.6) is 0 Å². The Kier molecular flexibility index (Phi) is 4.84. The Morgan fingerprint density at radius 1 is 1.18 bits per heavy atom. The van der Waals surface area contributed by atoms with E-state index in [2.05, 4.69) is 4.98 Å². The molecule has 0 bridgehead atoms. The molecule has 1 aromatic heterocycles. The monoisotopic (exact) mass is 290 g/mol. The van der Waals surface area contributed by atoms with Gasteiger partial charge in [0.2, 0.25) is 0 Å². The van der Waals surface area contributed by atoms with Crippen molar-refractivity contribution in [2.75, 3.05) is 0 Å². The maximum atomic E-state index is 11.3. The van der Waals surface area contributed by atoms with Gasteiger partial charge in [0.25, 0.3) is 0 Å². The molecule has 0 radical (unpaired) electrons. The summed E-state index contributed by atoms with van der Waals surface area (Å²) in [4.78, 5) is 15.3. The first-order valence-corrected chi connectivity index (χ1v) is 6.69. The van der Waals surface area contributed by atoms with Crippen molar-refractivity contribution in [1.29, 1.82) is 5.26 Å². The van der Waals surface area contributed by atoms with Crippen molar-refractivity contribution in [2.45, 2.75) is 6.92 Å². The Morgan fingerprint density at radius 2 is 1.86 bits per heavy atom. The van der Waals surface area contributed by atoms with E-state index in [-0.39, 0.29) is 5.57 Å². The zero-order valence-electron chi connectivity index (χ0n) is 12.0. The summed E-state index contributed by atoms with van der Waals surface area (Å²) < 4.78 is 0. The Morgan fingerprint density at radius 3 is 2.36 bits per heavy atom. The van der Waals surface area contributed by atoms with E-state index in [0.29, 0.717) is 11.3 Å². The summed E-state index contributed by atoms with van der Waals surface area (Å²) in [5.74, 6) is -0.967. The lowest BCUT2D eigenvalue weighted by molar-refractivity contribution is -0.130. The fraction of sp³-hybridized carbons (Fsp3) is 0.0556. The van der Waals surface area contributed by atoms with Gasteiger partial charge >= 0.3 is 5.97 Å². The average molecular weight is 290 g/mol. The van der Waals surface area contributed by atoms with E-state index in [1.54, 1.807) is 42.6 Å². The Balaban J connectivity index is 2.33. The summed E-state index contributed by atoms with van der Waals surface area (Å²) in [5, 5.41) is 18.0. The highest BCUT2D eigenvalue weighted by atomic mass is 16.4. The molecule has 1 N–H and O–H groups in total. The number of aliphatic carboxylic acids is 1. The second kappa shape index (κ2) is 7.00. The Hall–Kier alpha value is -3.19. The van der Waals surface area contributed by atoms with E-state index in [1.807, 2.05) is 31.2 Å². The number of rotatable bonds is 4. The molecule has 1 heterocycles. The predicted octanol–water partition coefficient (Wildman–Crippen LogP) is 3.66. The molecule has 1 aromatic carbocycles. The van der Waals surface area contributed by atoms with Crippen LogP contribution in [0.4, 0.5) is 0 Å². The number of pyridine rings is 1. The molecule has 2 aromatic rings. The Labute approximate surface area is 128 Å². The summed E-state index contributed by atoms with van der Waals surface area (Å²) in [6.07, 6.45) is 6.67. The lowest BCUT2D eigenvalue weighted by Gasteiger charge is -2.05. The molecule has 108 valence electrons. The SMILES string of the molecule is CC=CC=C(C(=O)O)c1ccc(-c2ccc(C#N)nc2)cc1. The van der Waals surface area contributed by atoms with E-state index in [4.69, 9.17) is 5.26 Å². The number of carboxylic acid groups (broad SMARTS) is 1. The van der Waals surface area contributed by atoms with E-state index >= 15 is 0 Å².